The average molecular weight is 340 g/mol. The van der Waals surface area contributed by atoms with E-state index in [1.807, 2.05) is 33.0 Å². The molecule has 2 heterocycles. The monoisotopic (exact) mass is 340 g/mol. The van der Waals surface area contributed by atoms with E-state index in [9.17, 15) is 4.79 Å². The van der Waals surface area contributed by atoms with Crippen molar-refractivity contribution in [1.29, 1.82) is 0 Å². The van der Waals surface area contributed by atoms with Gasteiger partial charge in [0.25, 0.3) is 5.89 Å². The highest BCUT2D eigenvalue weighted by atomic mass is 16.5. The third kappa shape index (κ3) is 4.07. The van der Waals surface area contributed by atoms with Crippen LogP contribution in [0.5, 0.6) is 0 Å². The van der Waals surface area contributed by atoms with Gasteiger partial charge in [-0.2, -0.15) is 4.98 Å². The molecule has 3 aromatic rings. The summed E-state index contributed by atoms with van der Waals surface area (Å²) in [4.78, 5) is 21.4. The molecule has 1 aromatic carbocycles. The van der Waals surface area contributed by atoms with Gasteiger partial charge in [0.2, 0.25) is 5.91 Å². The largest absolute Gasteiger partial charge is 0.351 e. The fourth-order valence-corrected chi connectivity index (χ4v) is 2.73. The second-order valence-corrected chi connectivity index (χ2v) is 6.95. The highest BCUT2D eigenvalue weighted by molar-refractivity contribution is 5.85. The maximum absolute atomic E-state index is 12.0. The minimum absolute atomic E-state index is 0.143. The van der Waals surface area contributed by atoms with Gasteiger partial charge < -0.3 is 14.4 Å². The number of carbonyl (C=O) groups excluding carboxylic acids is 1. The van der Waals surface area contributed by atoms with Crippen LogP contribution in [0.15, 0.2) is 28.8 Å². The van der Waals surface area contributed by atoms with E-state index >= 15 is 0 Å². The normalized spacial score (nSPS) is 11.4. The van der Waals surface area contributed by atoms with Crippen LogP contribution in [-0.4, -0.2) is 39.5 Å². The van der Waals surface area contributed by atoms with Gasteiger partial charge in [0.05, 0.1) is 0 Å². The average Bonchev–Trinajstić information content (AvgIpc) is 3.17. The Balaban J connectivity index is 1.66. The topological polar surface area (TPSA) is 75.0 Å². The quantitative estimate of drug-likeness (QED) is 0.744. The number of fused-ring (bicyclic) bond motifs is 1. The lowest BCUT2D eigenvalue weighted by atomic mass is 10.1. The molecule has 0 aliphatic heterocycles. The van der Waals surface area contributed by atoms with Crippen molar-refractivity contribution in [1.82, 2.24) is 20.0 Å². The molecule has 25 heavy (non-hydrogen) atoms. The summed E-state index contributed by atoms with van der Waals surface area (Å²) < 4.78 is 5.37. The Morgan fingerprint density at radius 1 is 1.32 bits per heavy atom. The molecule has 1 N–H and O–H groups in total. The number of benzene rings is 1. The number of aromatic amines is 1. The van der Waals surface area contributed by atoms with Crippen LogP contribution < -0.4 is 0 Å². The number of carbonyl (C=O) groups is 1. The predicted octanol–water partition coefficient (Wildman–Crippen LogP) is 3.57. The van der Waals surface area contributed by atoms with Gasteiger partial charge in [-0.25, -0.2) is 0 Å². The van der Waals surface area contributed by atoms with E-state index in [-0.39, 0.29) is 5.91 Å². The molecule has 0 aliphatic rings. The van der Waals surface area contributed by atoms with Crippen LogP contribution in [0.1, 0.15) is 31.7 Å². The summed E-state index contributed by atoms with van der Waals surface area (Å²) in [6.07, 6.45) is 1.13. The standard InChI is InChI=1S/C19H24N4O2/c1-12(2)9-18(24)23(4)8-7-17-21-19(25-22-17)16-11-14-10-13(3)5-6-15(14)20-16/h5-6,10-12,20H,7-9H2,1-4H3. The molecule has 6 nitrogen and oxygen atoms in total. The van der Waals surface area contributed by atoms with Crippen molar-refractivity contribution < 1.29 is 9.32 Å². The van der Waals surface area contributed by atoms with E-state index in [2.05, 4.69) is 34.2 Å². The van der Waals surface area contributed by atoms with E-state index in [4.69, 9.17) is 4.52 Å². The van der Waals surface area contributed by atoms with Crippen molar-refractivity contribution in [3.05, 3.63) is 35.7 Å². The van der Waals surface area contributed by atoms with Crippen LogP contribution in [0.25, 0.3) is 22.5 Å². The molecule has 0 radical (unpaired) electrons. The lowest BCUT2D eigenvalue weighted by Crippen LogP contribution is -2.29. The van der Waals surface area contributed by atoms with E-state index in [0.717, 1.165) is 16.6 Å². The summed E-state index contributed by atoms with van der Waals surface area (Å²) in [5.74, 6) is 1.58. The summed E-state index contributed by atoms with van der Waals surface area (Å²) in [7, 11) is 1.81. The number of hydrogen-bond donors (Lipinski definition) is 1. The van der Waals surface area contributed by atoms with Crippen molar-refractivity contribution in [2.45, 2.75) is 33.6 Å². The van der Waals surface area contributed by atoms with Crippen LogP contribution >= 0.6 is 0 Å². The number of hydrogen-bond acceptors (Lipinski definition) is 4. The van der Waals surface area contributed by atoms with Gasteiger partial charge in [-0.3, -0.25) is 4.79 Å². The lowest BCUT2D eigenvalue weighted by Gasteiger charge is -2.17. The first kappa shape index (κ1) is 17.2. The van der Waals surface area contributed by atoms with Crippen molar-refractivity contribution in [2.24, 2.45) is 5.92 Å². The Hall–Kier alpha value is -2.63. The molecule has 0 fully saturated rings. The molecule has 3 rings (SSSR count). The zero-order valence-electron chi connectivity index (χ0n) is 15.2. The predicted molar refractivity (Wildman–Crippen MR) is 97.1 cm³/mol. The molecular weight excluding hydrogens is 316 g/mol. The Morgan fingerprint density at radius 2 is 2.12 bits per heavy atom. The number of aryl methyl sites for hydroxylation is 1. The van der Waals surface area contributed by atoms with Crippen molar-refractivity contribution >= 4 is 16.8 Å². The zero-order chi connectivity index (χ0) is 18.0. The van der Waals surface area contributed by atoms with Crippen LogP contribution in [0.4, 0.5) is 0 Å². The van der Waals surface area contributed by atoms with Crippen LogP contribution in [0.3, 0.4) is 0 Å². The molecule has 0 unspecified atom stereocenters. The summed E-state index contributed by atoms with van der Waals surface area (Å²) >= 11 is 0. The number of amides is 1. The molecule has 0 saturated heterocycles. The minimum Gasteiger partial charge on any atom is -0.351 e. The number of aromatic nitrogens is 3. The minimum atomic E-state index is 0.143. The molecule has 0 atom stereocenters. The molecule has 2 aromatic heterocycles. The number of rotatable bonds is 6. The lowest BCUT2D eigenvalue weighted by molar-refractivity contribution is -0.130. The molecular formula is C19H24N4O2. The third-order valence-corrected chi connectivity index (χ3v) is 4.15. The molecule has 0 spiro atoms. The van der Waals surface area contributed by atoms with Gasteiger partial charge in [0.1, 0.15) is 5.69 Å². The summed E-state index contributed by atoms with van der Waals surface area (Å²) in [6.45, 7) is 6.72. The number of likely N-dealkylation sites (N-methyl/N-ethyl adjacent to an activating group) is 1. The molecule has 0 bridgehead atoms. The first-order valence-electron chi connectivity index (χ1n) is 8.58. The Labute approximate surface area is 147 Å². The SMILES string of the molecule is Cc1ccc2[nH]c(-c3nc(CCN(C)C(=O)CC(C)C)no3)cc2c1. The Kier molecular flexibility index (Phi) is 4.88. The second kappa shape index (κ2) is 7.09. The van der Waals surface area contributed by atoms with Gasteiger partial charge in [-0.1, -0.05) is 30.6 Å². The van der Waals surface area contributed by atoms with Crippen molar-refractivity contribution in [2.75, 3.05) is 13.6 Å². The zero-order valence-corrected chi connectivity index (χ0v) is 15.2. The van der Waals surface area contributed by atoms with Gasteiger partial charge >= 0.3 is 0 Å². The molecule has 0 aliphatic carbocycles. The van der Waals surface area contributed by atoms with Crippen LogP contribution in [-0.2, 0) is 11.2 Å². The van der Waals surface area contributed by atoms with Gasteiger partial charge in [-0.15, -0.1) is 0 Å². The summed E-state index contributed by atoms with van der Waals surface area (Å²) in [6, 6.07) is 8.23. The van der Waals surface area contributed by atoms with E-state index in [1.54, 1.807) is 4.90 Å². The maximum Gasteiger partial charge on any atom is 0.274 e. The van der Waals surface area contributed by atoms with Gasteiger partial charge in [0, 0.05) is 37.3 Å². The van der Waals surface area contributed by atoms with Gasteiger partial charge in [0.15, 0.2) is 5.82 Å². The van der Waals surface area contributed by atoms with E-state index < -0.39 is 0 Å². The Morgan fingerprint density at radius 3 is 2.88 bits per heavy atom. The number of nitrogens with zero attached hydrogens (tertiary/aromatic N) is 3. The Bertz CT molecular complexity index is 879. The fraction of sp³-hybridized carbons (Fsp3) is 0.421. The highest BCUT2D eigenvalue weighted by Crippen LogP contribution is 2.23. The maximum atomic E-state index is 12.0. The van der Waals surface area contributed by atoms with E-state index in [1.165, 1.54) is 5.56 Å². The number of H-pyrrole nitrogens is 1. The number of nitrogens with one attached hydrogen (secondary N) is 1. The smallest absolute Gasteiger partial charge is 0.274 e. The molecule has 6 heteroatoms. The molecule has 132 valence electrons. The van der Waals surface area contributed by atoms with Crippen LogP contribution in [0, 0.1) is 12.8 Å². The molecule has 1 amide bonds. The van der Waals surface area contributed by atoms with Crippen molar-refractivity contribution in [3.8, 4) is 11.6 Å². The van der Waals surface area contributed by atoms with E-state index in [0.29, 0.717) is 37.0 Å². The molecule has 0 saturated carbocycles. The van der Waals surface area contributed by atoms with Crippen LogP contribution in [0.2, 0.25) is 0 Å². The summed E-state index contributed by atoms with van der Waals surface area (Å²) in [5.41, 5.74) is 3.06. The first-order chi connectivity index (χ1) is 11.9. The van der Waals surface area contributed by atoms with Crippen molar-refractivity contribution in [3.63, 3.8) is 0 Å². The second-order valence-electron chi connectivity index (χ2n) is 6.95. The highest BCUT2D eigenvalue weighted by Gasteiger charge is 2.14. The third-order valence-electron chi connectivity index (χ3n) is 4.15. The van der Waals surface area contributed by atoms with Gasteiger partial charge in [-0.05, 0) is 31.0 Å². The summed E-state index contributed by atoms with van der Waals surface area (Å²) in [5, 5.41) is 5.15. The first-order valence-corrected chi connectivity index (χ1v) is 8.58. The fourth-order valence-electron chi connectivity index (χ4n) is 2.73.